The van der Waals surface area contributed by atoms with E-state index in [1.807, 2.05) is 11.4 Å². The largest absolute Gasteiger partial charge is 0.507 e. The van der Waals surface area contributed by atoms with Crippen LogP contribution in [0.3, 0.4) is 0 Å². The zero-order valence-corrected chi connectivity index (χ0v) is 8.01. The van der Waals surface area contributed by atoms with Crippen LogP contribution in [0, 0.1) is 11.3 Å². The Labute approximate surface area is 84.5 Å². The summed E-state index contributed by atoms with van der Waals surface area (Å²) in [6.45, 7) is 0. The van der Waals surface area contributed by atoms with Gasteiger partial charge in [0.2, 0.25) is 0 Å². The average molecular weight is 205 g/mol. The SMILES string of the molecule is N#CCc1c(O)cc(O)c2sccc12. The maximum absolute atomic E-state index is 9.53. The molecular formula is C10H7NO2S. The number of nitriles is 1. The molecule has 2 N–H and O–H groups in total. The molecule has 0 aliphatic rings. The van der Waals surface area contributed by atoms with Crippen molar-refractivity contribution in [3.63, 3.8) is 0 Å². The molecule has 1 aromatic carbocycles. The van der Waals surface area contributed by atoms with E-state index in [9.17, 15) is 10.2 Å². The number of hydrogen-bond donors (Lipinski definition) is 2. The van der Waals surface area contributed by atoms with Crippen molar-refractivity contribution in [2.24, 2.45) is 0 Å². The normalized spacial score (nSPS) is 10.2. The second-order valence-electron chi connectivity index (χ2n) is 2.89. The molecule has 4 heteroatoms. The van der Waals surface area contributed by atoms with Gasteiger partial charge in [0.15, 0.2) is 0 Å². The van der Waals surface area contributed by atoms with Crippen LogP contribution < -0.4 is 0 Å². The molecule has 3 nitrogen and oxygen atoms in total. The first-order valence-corrected chi connectivity index (χ1v) is 4.90. The van der Waals surface area contributed by atoms with E-state index in [1.165, 1.54) is 17.4 Å². The molecule has 0 amide bonds. The summed E-state index contributed by atoms with van der Waals surface area (Å²) in [6.07, 6.45) is 0.152. The van der Waals surface area contributed by atoms with E-state index in [-0.39, 0.29) is 17.9 Å². The number of rotatable bonds is 1. The Morgan fingerprint density at radius 1 is 1.36 bits per heavy atom. The molecule has 0 fully saturated rings. The summed E-state index contributed by atoms with van der Waals surface area (Å²) in [5.41, 5.74) is 0.585. The third kappa shape index (κ3) is 1.19. The fraction of sp³-hybridized carbons (Fsp3) is 0.100. The number of fused-ring (bicyclic) bond motifs is 1. The summed E-state index contributed by atoms with van der Waals surface area (Å²) in [5, 5.41) is 30.2. The second kappa shape index (κ2) is 3.20. The van der Waals surface area contributed by atoms with Crippen LogP contribution in [0.15, 0.2) is 17.5 Å². The summed E-state index contributed by atoms with van der Waals surface area (Å²) >= 11 is 1.39. The first-order chi connectivity index (χ1) is 6.74. The minimum absolute atomic E-state index is 0.0186. The van der Waals surface area contributed by atoms with Crippen molar-refractivity contribution in [2.45, 2.75) is 6.42 Å². The molecule has 0 radical (unpaired) electrons. The summed E-state index contributed by atoms with van der Waals surface area (Å²) < 4.78 is 0.716. The number of nitrogens with zero attached hydrogens (tertiary/aromatic N) is 1. The molecule has 0 bridgehead atoms. The molecule has 14 heavy (non-hydrogen) atoms. The zero-order chi connectivity index (χ0) is 10.1. The van der Waals surface area contributed by atoms with Crippen LogP contribution in [0.4, 0.5) is 0 Å². The van der Waals surface area contributed by atoms with E-state index < -0.39 is 0 Å². The Kier molecular flexibility index (Phi) is 2.02. The van der Waals surface area contributed by atoms with Crippen molar-refractivity contribution in [2.75, 3.05) is 0 Å². The lowest BCUT2D eigenvalue weighted by Crippen LogP contribution is -1.84. The average Bonchev–Trinajstić information content (AvgIpc) is 2.60. The smallest absolute Gasteiger partial charge is 0.137 e. The van der Waals surface area contributed by atoms with Gasteiger partial charge in [0.05, 0.1) is 17.2 Å². The van der Waals surface area contributed by atoms with Crippen LogP contribution in [0.1, 0.15) is 5.56 Å². The molecule has 0 spiro atoms. The van der Waals surface area contributed by atoms with Gasteiger partial charge in [-0.15, -0.1) is 11.3 Å². The highest BCUT2D eigenvalue weighted by Gasteiger charge is 2.11. The second-order valence-corrected chi connectivity index (χ2v) is 3.81. The van der Waals surface area contributed by atoms with Crippen molar-refractivity contribution in [3.05, 3.63) is 23.1 Å². The van der Waals surface area contributed by atoms with E-state index in [0.717, 1.165) is 5.39 Å². The van der Waals surface area contributed by atoms with Crippen molar-refractivity contribution < 1.29 is 10.2 Å². The molecule has 2 rings (SSSR count). The fourth-order valence-electron chi connectivity index (χ4n) is 1.43. The number of hydrogen-bond acceptors (Lipinski definition) is 4. The van der Waals surface area contributed by atoms with E-state index in [2.05, 4.69) is 0 Å². The summed E-state index contributed by atoms with van der Waals surface area (Å²) in [7, 11) is 0. The van der Waals surface area contributed by atoms with Gasteiger partial charge in [0.25, 0.3) is 0 Å². The molecule has 0 saturated carbocycles. The molecule has 2 aromatic rings. The van der Waals surface area contributed by atoms with Gasteiger partial charge in [-0.3, -0.25) is 0 Å². The lowest BCUT2D eigenvalue weighted by atomic mass is 10.1. The lowest BCUT2D eigenvalue weighted by molar-refractivity contribution is 0.452. The Morgan fingerprint density at radius 2 is 2.14 bits per heavy atom. The Morgan fingerprint density at radius 3 is 2.86 bits per heavy atom. The number of phenols is 2. The summed E-state index contributed by atoms with van der Waals surface area (Å²) in [4.78, 5) is 0. The highest BCUT2D eigenvalue weighted by Crippen LogP contribution is 2.37. The molecule has 0 aliphatic carbocycles. The third-order valence-electron chi connectivity index (χ3n) is 2.06. The van der Waals surface area contributed by atoms with E-state index in [4.69, 9.17) is 5.26 Å². The van der Waals surface area contributed by atoms with Crippen LogP contribution in [-0.2, 0) is 6.42 Å². The first kappa shape index (κ1) is 8.85. The van der Waals surface area contributed by atoms with Gasteiger partial charge in [-0.05, 0) is 11.4 Å². The molecule has 0 aliphatic heterocycles. The quantitative estimate of drug-likeness (QED) is 0.751. The molecule has 0 atom stereocenters. The Hall–Kier alpha value is -1.73. The van der Waals surface area contributed by atoms with Crippen molar-refractivity contribution >= 4 is 21.4 Å². The minimum Gasteiger partial charge on any atom is -0.507 e. The van der Waals surface area contributed by atoms with Crippen LogP contribution in [-0.4, -0.2) is 10.2 Å². The zero-order valence-electron chi connectivity index (χ0n) is 7.19. The van der Waals surface area contributed by atoms with Gasteiger partial charge in [-0.2, -0.15) is 5.26 Å². The molecule has 1 aromatic heterocycles. The van der Waals surface area contributed by atoms with Gasteiger partial charge < -0.3 is 10.2 Å². The predicted molar refractivity (Wildman–Crippen MR) is 54.5 cm³/mol. The summed E-state index contributed by atoms with van der Waals surface area (Å²) in [5.74, 6) is 0.0455. The molecule has 70 valence electrons. The van der Waals surface area contributed by atoms with Crippen LogP contribution in [0.2, 0.25) is 0 Å². The van der Waals surface area contributed by atoms with Crippen molar-refractivity contribution in [3.8, 4) is 17.6 Å². The standard InChI is InChI=1S/C10H7NO2S/c11-3-1-6-7-2-4-14-10(7)9(13)5-8(6)12/h2,4-5,12-13H,1H2. The van der Waals surface area contributed by atoms with E-state index >= 15 is 0 Å². The minimum atomic E-state index is -0.0186. The Bertz CT molecular complexity index is 525. The van der Waals surface area contributed by atoms with Crippen LogP contribution >= 0.6 is 11.3 Å². The predicted octanol–water partition coefficient (Wildman–Crippen LogP) is 2.38. The molecule has 0 saturated heterocycles. The first-order valence-electron chi connectivity index (χ1n) is 4.02. The van der Waals surface area contributed by atoms with Gasteiger partial charge in [0, 0.05) is 17.0 Å². The van der Waals surface area contributed by atoms with Gasteiger partial charge in [-0.1, -0.05) is 0 Å². The van der Waals surface area contributed by atoms with Crippen LogP contribution in [0.25, 0.3) is 10.1 Å². The van der Waals surface area contributed by atoms with Crippen molar-refractivity contribution in [1.29, 1.82) is 5.26 Å². The van der Waals surface area contributed by atoms with Gasteiger partial charge in [0.1, 0.15) is 11.5 Å². The number of phenolic OH excluding ortho intramolecular Hbond substituents is 2. The number of thiophene rings is 1. The van der Waals surface area contributed by atoms with Gasteiger partial charge >= 0.3 is 0 Å². The third-order valence-corrected chi connectivity index (χ3v) is 3.00. The fourth-order valence-corrected chi connectivity index (χ4v) is 2.27. The highest BCUT2D eigenvalue weighted by molar-refractivity contribution is 7.17. The maximum atomic E-state index is 9.53. The topological polar surface area (TPSA) is 64.2 Å². The van der Waals surface area contributed by atoms with E-state index in [1.54, 1.807) is 6.07 Å². The number of aromatic hydroxyl groups is 2. The lowest BCUT2D eigenvalue weighted by Gasteiger charge is -2.03. The Balaban J connectivity index is 2.81. The van der Waals surface area contributed by atoms with Gasteiger partial charge in [-0.25, -0.2) is 0 Å². The molecule has 0 unspecified atom stereocenters. The highest BCUT2D eigenvalue weighted by atomic mass is 32.1. The van der Waals surface area contributed by atoms with Crippen molar-refractivity contribution in [1.82, 2.24) is 0 Å². The molecule has 1 heterocycles. The van der Waals surface area contributed by atoms with E-state index in [0.29, 0.717) is 10.3 Å². The number of benzene rings is 1. The monoisotopic (exact) mass is 205 g/mol. The van der Waals surface area contributed by atoms with Crippen LogP contribution in [0.5, 0.6) is 11.5 Å². The summed E-state index contributed by atoms with van der Waals surface area (Å²) in [6, 6.07) is 5.07. The maximum Gasteiger partial charge on any atom is 0.137 e. The molecular weight excluding hydrogens is 198 g/mol.